The van der Waals surface area contributed by atoms with E-state index in [-0.39, 0.29) is 5.60 Å². The van der Waals surface area contributed by atoms with Gasteiger partial charge < -0.3 is 15.4 Å². The van der Waals surface area contributed by atoms with E-state index in [0.717, 1.165) is 43.4 Å². The Morgan fingerprint density at radius 3 is 2.41 bits per heavy atom. The maximum absolute atomic E-state index is 6.19. The lowest BCUT2D eigenvalue weighted by atomic mass is 9.83. The first kappa shape index (κ1) is 11.3. The molecule has 92 valence electrons. The third-order valence-electron chi connectivity index (χ3n) is 3.57. The highest BCUT2D eigenvalue weighted by atomic mass is 35.5. The zero-order valence-electron chi connectivity index (χ0n) is 9.71. The monoisotopic (exact) mass is 252 g/mol. The SMILES string of the molecule is Clc1ccc(OC23CNCC(CNC2)C3)cc1. The summed E-state index contributed by atoms with van der Waals surface area (Å²) in [5.41, 5.74) is -0.0883. The molecule has 0 atom stereocenters. The van der Waals surface area contributed by atoms with Gasteiger partial charge in [0.05, 0.1) is 0 Å². The fourth-order valence-electron chi connectivity index (χ4n) is 2.82. The van der Waals surface area contributed by atoms with Gasteiger partial charge in [-0.15, -0.1) is 0 Å². The summed E-state index contributed by atoms with van der Waals surface area (Å²) < 4.78 is 6.19. The molecule has 0 saturated carbocycles. The van der Waals surface area contributed by atoms with E-state index >= 15 is 0 Å². The van der Waals surface area contributed by atoms with Gasteiger partial charge in [-0.3, -0.25) is 0 Å². The van der Waals surface area contributed by atoms with Crippen LogP contribution in [0.4, 0.5) is 0 Å². The van der Waals surface area contributed by atoms with E-state index in [2.05, 4.69) is 10.6 Å². The van der Waals surface area contributed by atoms with Gasteiger partial charge in [0.25, 0.3) is 0 Å². The second-order valence-electron chi connectivity index (χ2n) is 5.07. The second kappa shape index (κ2) is 4.48. The highest BCUT2D eigenvalue weighted by Gasteiger charge is 2.41. The Balaban J connectivity index is 1.76. The maximum atomic E-state index is 6.19. The molecule has 0 aromatic heterocycles. The molecule has 0 aliphatic carbocycles. The average Bonchev–Trinajstić information content (AvgIpc) is 2.32. The highest BCUT2D eigenvalue weighted by Crippen LogP contribution is 2.30. The van der Waals surface area contributed by atoms with Gasteiger partial charge in [0, 0.05) is 18.1 Å². The fourth-order valence-corrected chi connectivity index (χ4v) is 2.95. The number of hydrogen-bond acceptors (Lipinski definition) is 3. The number of nitrogens with one attached hydrogen (secondary N) is 2. The predicted octanol–water partition coefficient (Wildman–Crippen LogP) is 1.67. The Morgan fingerprint density at radius 1 is 1.12 bits per heavy atom. The van der Waals surface area contributed by atoms with E-state index in [9.17, 15) is 0 Å². The van der Waals surface area contributed by atoms with Crippen LogP contribution in [0.2, 0.25) is 5.02 Å². The van der Waals surface area contributed by atoms with E-state index in [4.69, 9.17) is 16.3 Å². The standard InChI is InChI=1S/C13H17ClN2O/c14-11-1-3-12(4-2-11)17-13-5-10(6-15-8-13)7-16-9-13/h1-4,10,15-16H,5-9H2. The van der Waals surface area contributed by atoms with Crippen LogP contribution in [-0.4, -0.2) is 31.8 Å². The fraction of sp³-hybridized carbons (Fsp3) is 0.538. The molecule has 17 heavy (non-hydrogen) atoms. The first-order valence-corrected chi connectivity index (χ1v) is 6.50. The van der Waals surface area contributed by atoms with Gasteiger partial charge in [-0.2, -0.15) is 0 Å². The molecule has 0 spiro atoms. The molecule has 1 aromatic rings. The maximum Gasteiger partial charge on any atom is 0.134 e. The molecule has 3 nitrogen and oxygen atoms in total. The molecule has 1 aromatic carbocycles. The van der Waals surface area contributed by atoms with Gasteiger partial charge in [-0.25, -0.2) is 0 Å². The van der Waals surface area contributed by atoms with Gasteiger partial charge in [-0.05, 0) is 49.7 Å². The van der Waals surface area contributed by atoms with Crippen molar-refractivity contribution in [1.29, 1.82) is 0 Å². The van der Waals surface area contributed by atoms with Crippen LogP contribution in [0, 0.1) is 5.92 Å². The lowest BCUT2D eigenvalue weighted by Gasteiger charge is -2.45. The van der Waals surface area contributed by atoms with Crippen LogP contribution in [0.25, 0.3) is 0 Å². The van der Waals surface area contributed by atoms with E-state index in [1.165, 1.54) is 0 Å². The lowest BCUT2D eigenvalue weighted by molar-refractivity contribution is 0.000915. The largest absolute Gasteiger partial charge is 0.485 e. The van der Waals surface area contributed by atoms with E-state index in [1.54, 1.807) is 0 Å². The van der Waals surface area contributed by atoms with E-state index in [1.807, 2.05) is 24.3 Å². The summed E-state index contributed by atoms with van der Waals surface area (Å²) in [6.07, 6.45) is 1.13. The summed E-state index contributed by atoms with van der Waals surface area (Å²) in [5.74, 6) is 1.59. The van der Waals surface area contributed by atoms with Crippen LogP contribution in [0.5, 0.6) is 5.75 Å². The van der Waals surface area contributed by atoms with Crippen molar-refractivity contribution >= 4 is 11.6 Å². The third kappa shape index (κ3) is 2.41. The molecule has 2 aliphatic rings. The quantitative estimate of drug-likeness (QED) is 0.840. The number of ether oxygens (including phenoxy) is 1. The predicted molar refractivity (Wildman–Crippen MR) is 68.7 cm³/mol. The van der Waals surface area contributed by atoms with E-state index in [0.29, 0.717) is 5.92 Å². The number of rotatable bonds is 2. The summed E-state index contributed by atoms with van der Waals surface area (Å²) in [6.45, 7) is 4.02. The van der Waals surface area contributed by atoms with Crippen molar-refractivity contribution in [3.8, 4) is 5.75 Å². The van der Waals surface area contributed by atoms with Crippen LogP contribution >= 0.6 is 11.6 Å². The van der Waals surface area contributed by atoms with Crippen molar-refractivity contribution in [2.75, 3.05) is 26.2 Å². The minimum absolute atomic E-state index is 0.0883. The van der Waals surface area contributed by atoms with Crippen molar-refractivity contribution in [2.45, 2.75) is 12.0 Å². The molecule has 2 saturated heterocycles. The van der Waals surface area contributed by atoms with Gasteiger partial charge in [0.2, 0.25) is 0 Å². The first-order valence-electron chi connectivity index (χ1n) is 6.12. The Hall–Kier alpha value is -0.770. The van der Waals surface area contributed by atoms with Crippen molar-refractivity contribution in [1.82, 2.24) is 10.6 Å². The normalized spacial score (nSPS) is 32.2. The Labute approximate surface area is 106 Å². The third-order valence-corrected chi connectivity index (χ3v) is 3.82. The highest BCUT2D eigenvalue weighted by molar-refractivity contribution is 6.30. The summed E-state index contributed by atoms with van der Waals surface area (Å²) in [5, 5.41) is 7.68. The molecule has 0 amide bonds. The van der Waals surface area contributed by atoms with Crippen molar-refractivity contribution < 1.29 is 4.74 Å². The average molecular weight is 253 g/mol. The van der Waals surface area contributed by atoms with Crippen molar-refractivity contribution in [3.63, 3.8) is 0 Å². The van der Waals surface area contributed by atoms with Crippen LogP contribution in [0.1, 0.15) is 6.42 Å². The lowest BCUT2D eigenvalue weighted by Crippen LogP contribution is -2.63. The zero-order valence-corrected chi connectivity index (χ0v) is 10.5. The van der Waals surface area contributed by atoms with Crippen molar-refractivity contribution in [3.05, 3.63) is 29.3 Å². The van der Waals surface area contributed by atoms with Crippen LogP contribution in [-0.2, 0) is 0 Å². The summed E-state index contributed by atoms with van der Waals surface area (Å²) in [6, 6.07) is 7.62. The number of fused-ring (bicyclic) bond motifs is 2. The van der Waals surface area contributed by atoms with Crippen LogP contribution < -0.4 is 15.4 Å². The Bertz CT molecular complexity index is 383. The summed E-state index contributed by atoms with van der Waals surface area (Å²) in [7, 11) is 0. The number of piperidine rings is 2. The minimum Gasteiger partial charge on any atom is -0.485 e. The molecule has 0 radical (unpaired) electrons. The minimum atomic E-state index is -0.0883. The molecule has 2 bridgehead atoms. The number of halogens is 1. The smallest absolute Gasteiger partial charge is 0.134 e. The molecule has 2 N–H and O–H groups in total. The zero-order chi connectivity index (χ0) is 11.7. The molecule has 0 unspecified atom stereocenters. The molecule has 2 heterocycles. The summed E-state index contributed by atoms with van der Waals surface area (Å²) in [4.78, 5) is 0. The Kier molecular flexibility index (Phi) is 2.99. The molecule has 2 fully saturated rings. The van der Waals surface area contributed by atoms with Gasteiger partial charge in [0.15, 0.2) is 0 Å². The second-order valence-corrected chi connectivity index (χ2v) is 5.51. The summed E-state index contributed by atoms with van der Waals surface area (Å²) >= 11 is 5.88. The van der Waals surface area contributed by atoms with Crippen LogP contribution in [0.3, 0.4) is 0 Å². The van der Waals surface area contributed by atoms with Crippen molar-refractivity contribution in [2.24, 2.45) is 5.92 Å². The van der Waals surface area contributed by atoms with Gasteiger partial charge in [-0.1, -0.05) is 11.6 Å². The first-order chi connectivity index (χ1) is 8.26. The number of hydrogen-bond donors (Lipinski definition) is 2. The topological polar surface area (TPSA) is 33.3 Å². The van der Waals surface area contributed by atoms with E-state index < -0.39 is 0 Å². The molecular weight excluding hydrogens is 236 g/mol. The molecule has 2 aliphatic heterocycles. The molecular formula is C13H17ClN2O. The van der Waals surface area contributed by atoms with Gasteiger partial charge in [0.1, 0.15) is 11.4 Å². The molecule has 3 rings (SSSR count). The number of benzene rings is 1. The van der Waals surface area contributed by atoms with Gasteiger partial charge >= 0.3 is 0 Å². The molecule has 4 heteroatoms. The van der Waals surface area contributed by atoms with Crippen LogP contribution in [0.15, 0.2) is 24.3 Å². The Morgan fingerprint density at radius 2 is 1.76 bits per heavy atom.